The molecule has 2 amide bonds. The van der Waals surface area contributed by atoms with Crippen molar-refractivity contribution in [2.45, 2.75) is 6.92 Å². The average molecular weight is 345 g/mol. The number of carbonyl (C=O) groups excluding carboxylic acids is 2. The van der Waals surface area contributed by atoms with Crippen LogP contribution in [0.4, 0.5) is 0 Å². The summed E-state index contributed by atoms with van der Waals surface area (Å²) in [7, 11) is 0. The van der Waals surface area contributed by atoms with Gasteiger partial charge in [0.25, 0.3) is 11.8 Å². The van der Waals surface area contributed by atoms with E-state index in [0.29, 0.717) is 22.0 Å². The number of hydrogen-bond acceptors (Lipinski definition) is 4. The van der Waals surface area contributed by atoms with Crippen LogP contribution in [-0.2, 0) is 0 Å². The largest absolute Gasteiger partial charge is 0.287 e. The lowest BCUT2D eigenvalue weighted by molar-refractivity contribution is 0.0843. The second kappa shape index (κ2) is 6.55. The lowest BCUT2D eigenvalue weighted by Gasteiger charge is -2.05. The van der Waals surface area contributed by atoms with Crippen LogP contribution in [-0.4, -0.2) is 32.2 Å². The zero-order valence-electron chi connectivity index (χ0n) is 12.6. The van der Waals surface area contributed by atoms with Gasteiger partial charge in [-0.05, 0) is 25.1 Å². The molecule has 0 fully saturated rings. The van der Waals surface area contributed by atoms with Crippen molar-refractivity contribution in [1.82, 2.24) is 31.2 Å². The molecule has 3 rings (SSSR count). The van der Waals surface area contributed by atoms with Crippen LogP contribution in [0.3, 0.4) is 0 Å². The van der Waals surface area contributed by atoms with Crippen LogP contribution in [0, 0.1) is 6.92 Å². The Morgan fingerprint density at radius 2 is 1.79 bits per heavy atom. The molecule has 8 nitrogen and oxygen atoms in total. The molecule has 0 saturated carbocycles. The van der Waals surface area contributed by atoms with Gasteiger partial charge in [-0.15, -0.1) is 0 Å². The molecule has 0 aliphatic carbocycles. The molecule has 1 aromatic carbocycles. The van der Waals surface area contributed by atoms with Crippen molar-refractivity contribution in [3.8, 4) is 11.3 Å². The van der Waals surface area contributed by atoms with Gasteiger partial charge in [-0.3, -0.25) is 30.6 Å². The summed E-state index contributed by atoms with van der Waals surface area (Å²) < 4.78 is 0. The number of halogens is 1. The van der Waals surface area contributed by atoms with Gasteiger partial charge < -0.3 is 0 Å². The normalized spacial score (nSPS) is 10.4. The summed E-state index contributed by atoms with van der Waals surface area (Å²) in [6.45, 7) is 1.71. The van der Waals surface area contributed by atoms with E-state index < -0.39 is 11.8 Å². The Morgan fingerprint density at radius 1 is 1.08 bits per heavy atom. The number of nitrogens with one attached hydrogen (secondary N) is 4. The van der Waals surface area contributed by atoms with Crippen molar-refractivity contribution in [3.05, 3.63) is 58.5 Å². The van der Waals surface area contributed by atoms with Gasteiger partial charge in [-0.1, -0.05) is 23.7 Å². The maximum Gasteiger partial charge on any atom is 0.287 e. The predicted molar refractivity (Wildman–Crippen MR) is 87.3 cm³/mol. The molecule has 0 saturated heterocycles. The van der Waals surface area contributed by atoms with Gasteiger partial charge in [0.15, 0.2) is 0 Å². The smallest absolute Gasteiger partial charge is 0.282 e. The average Bonchev–Trinajstić information content (AvgIpc) is 3.22. The molecule has 9 heteroatoms. The summed E-state index contributed by atoms with van der Waals surface area (Å²) in [5, 5.41) is 13.7. The van der Waals surface area contributed by atoms with Gasteiger partial charge in [0.2, 0.25) is 0 Å². The van der Waals surface area contributed by atoms with Crippen molar-refractivity contribution in [2.75, 3.05) is 0 Å². The zero-order valence-corrected chi connectivity index (χ0v) is 13.3. The fourth-order valence-corrected chi connectivity index (χ4v) is 2.16. The minimum absolute atomic E-state index is 0.212. The van der Waals surface area contributed by atoms with Crippen molar-refractivity contribution in [2.24, 2.45) is 0 Å². The first kappa shape index (κ1) is 15.8. The number of amides is 2. The Hall–Kier alpha value is -3.13. The molecule has 24 heavy (non-hydrogen) atoms. The Balaban J connectivity index is 1.65. The SMILES string of the molecule is Cc1[nH]ncc1C(=O)NNC(=O)c1cc(-c2ccc(Cl)cc2)n[nH]1. The summed E-state index contributed by atoms with van der Waals surface area (Å²) in [4.78, 5) is 24.0. The van der Waals surface area contributed by atoms with Crippen LogP contribution < -0.4 is 10.9 Å². The Morgan fingerprint density at radius 3 is 2.46 bits per heavy atom. The highest BCUT2D eigenvalue weighted by Crippen LogP contribution is 2.20. The number of H-pyrrole nitrogens is 2. The topological polar surface area (TPSA) is 116 Å². The van der Waals surface area contributed by atoms with Gasteiger partial charge in [0.05, 0.1) is 17.5 Å². The molecule has 122 valence electrons. The maximum atomic E-state index is 12.1. The molecule has 0 aliphatic rings. The maximum absolute atomic E-state index is 12.1. The fourth-order valence-electron chi connectivity index (χ4n) is 2.03. The van der Waals surface area contributed by atoms with E-state index in [4.69, 9.17) is 11.6 Å². The van der Waals surface area contributed by atoms with Crippen molar-refractivity contribution >= 4 is 23.4 Å². The number of rotatable bonds is 3. The van der Waals surface area contributed by atoms with E-state index in [9.17, 15) is 9.59 Å². The lowest BCUT2D eigenvalue weighted by atomic mass is 10.1. The monoisotopic (exact) mass is 344 g/mol. The number of hydrogen-bond donors (Lipinski definition) is 4. The first-order valence-corrected chi connectivity index (χ1v) is 7.34. The standard InChI is InChI=1S/C15H13ClN6O2/c1-8-11(7-17-18-8)14(23)21-22-15(24)13-6-12(19-20-13)9-2-4-10(16)5-3-9/h2-7H,1H3,(H,17,18)(H,19,20)(H,21,23)(H,22,24). The third-order valence-electron chi connectivity index (χ3n) is 3.33. The first-order valence-electron chi connectivity index (χ1n) is 6.96. The van der Waals surface area contributed by atoms with Crippen LogP contribution in [0.5, 0.6) is 0 Å². The third kappa shape index (κ3) is 3.28. The molecule has 2 heterocycles. The predicted octanol–water partition coefficient (Wildman–Crippen LogP) is 1.84. The highest BCUT2D eigenvalue weighted by Gasteiger charge is 2.14. The molecule has 0 aliphatic heterocycles. The number of aryl methyl sites for hydroxylation is 1. The summed E-state index contributed by atoms with van der Waals surface area (Å²) >= 11 is 5.84. The van der Waals surface area contributed by atoms with Crippen LogP contribution >= 0.6 is 11.6 Å². The van der Waals surface area contributed by atoms with E-state index in [-0.39, 0.29) is 5.69 Å². The molecular formula is C15H13ClN6O2. The third-order valence-corrected chi connectivity index (χ3v) is 3.58. The quantitative estimate of drug-likeness (QED) is 0.542. The summed E-state index contributed by atoms with van der Waals surface area (Å²) in [6, 6.07) is 8.64. The number of aromatic amines is 2. The lowest BCUT2D eigenvalue weighted by Crippen LogP contribution is -2.41. The highest BCUT2D eigenvalue weighted by atomic mass is 35.5. The van der Waals surface area contributed by atoms with Gasteiger partial charge in [-0.2, -0.15) is 10.2 Å². The first-order chi connectivity index (χ1) is 11.5. The molecule has 2 aromatic heterocycles. The number of carbonyl (C=O) groups is 2. The van der Waals surface area contributed by atoms with Crippen molar-refractivity contribution in [1.29, 1.82) is 0 Å². The Bertz CT molecular complexity index is 884. The van der Waals surface area contributed by atoms with E-state index in [2.05, 4.69) is 31.2 Å². The number of benzene rings is 1. The van der Waals surface area contributed by atoms with E-state index in [1.165, 1.54) is 6.20 Å². The summed E-state index contributed by atoms with van der Waals surface area (Å²) in [6.07, 6.45) is 1.38. The van der Waals surface area contributed by atoms with Crippen LogP contribution in [0.2, 0.25) is 5.02 Å². The molecule has 0 radical (unpaired) electrons. The molecule has 0 bridgehead atoms. The van der Waals surface area contributed by atoms with Crippen LogP contribution in [0.15, 0.2) is 36.5 Å². The second-order valence-electron chi connectivity index (χ2n) is 4.99. The number of aromatic nitrogens is 4. The molecular weight excluding hydrogens is 332 g/mol. The molecule has 3 aromatic rings. The molecule has 0 atom stereocenters. The summed E-state index contributed by atoms with van der Waals surface area (Å²) in [5.41, 5.74) is 7.20. The van der Waals surface area contributed by atoms with Crippen molar-refractivity contribution in [3.63, 3.8) is 0 Å². The summed E-state index contributed by atoms with van der Waals surface area (Å²) in [5.74, 6) is -0.982. The van der Waals surface area contributed by atoms with Crippen molar-refractivity contribution < 1.29 is 9.59 Å². The Kier molecular flexibility index (Phi) is 4.30. The highest BCUT2D eigenvalue weighted by molar-refractivity contribution is 6.30. The Labute approximate surface area is 141 Å². The number of nitrogens with zero attached hydrogens (tertiary/aromatic N) is 2. The van der Waals surface area contributed by atoms with Gasteiger partial charge in [0, 0.05) is 16.3 Å². The van der Waals surface area contributed by atoms with E-state index in [1.54, 1.807) is 37.3 Å². The molecule has 4 N–H and O–H groups in total. The minimum atomic E-state index is -0.516. The van der Waals surface area contributed by atoms with Gasteiger partial charge in [0.1, 0.15) is 5.69 Å². The van der Waals surface area contributed by atoms with E-state index in [0.717, 1.165) is 5.56 Å². The fraction of sp³-hybridized carbons (Fsp3) is 0.0667. The zero-order chi connectivity index (χ0) is 17.1. The number of hydrazine groups is 1. The van der Waals surface area contributed by atoms with E-state index in [1.807, 2.05) is 0 Å². The van der Waals surface area contributed by atoms with Gasteiger partial charge >= 0.3 is 0 Å². The minimum Gasteiger partial charge on any atom is -0.282 e. The second-order valence-corrected chi connectivity index (χ2v) is 5.43. The van der Waals surface area contributed by atoms with Gasteiger partial charge in [-0.25, -0.2) is 0 Å². The van der Waals surface area contributed by atoms with Crippen LogP contribution in [0.1, 0.15) is 26.5 Å². The molecule has 0 unspecified atom stereocenters. The van der Waals surface area contributed by atoms with E-state index >= 15 is 0 Å². The molecule has 0 spiro atoms. The van der Waals surface area contributed by atoms with Crippen LogP contribution in [0.25, 0.3) is 11.3 Å².